The summed E-state index contributed by atoms with van der Waals surface area (Å²) in [5.74, 6) is -1.35. The summed E-state index contributed by atoms with van der Waals surface area (Å²) in [5.41, 5.74) is 2.83. The fraction of sp³-hybridized carbons (Fsp3) is 0.207. The maximum Gasteiger partial charge on any atom is 0.309 e. The minimum Gasteiger partial charge on any atom is -0.507 e. The van der Waals surface area contributed by atoms with Crippen molar-refractivity contribution in [2.75, 3.05) is 26.2 Å². The number of carbonyl (C=O) groups excluding carboxylic acids is 3. The van der Waals surface area contributed by atoms with Crippen molar-refractivity contribution in [1.29, 1.82) is 0 Å². The van der Waals surface area contributed by atoms with E-state index in [0.717, 1.165) is 5.56 Å². The van der Waals surface area contributed by atoms with Gasteiger partial charge in [0.05, 0.1) is 44.9 Å². The van der Waals surface area contributed by atoms with Crippen LogP contribution in [-0.4, -0.2) is 44.1 Å². The van der Waals surface area contributed by atoms with Gasteiger partial charge in [-0.25, -0.2) is 0 Å². The number of hydrogen-bond acceptors (Lipinski definition) is 7. The fourth-order valence-corrected chi connectivity index (χ4v) is 4.37. The summed E-state index contributed by atoms with van der Waals surface area (Å²) in [5, 5.41) is 11.4. The van der Waals surface area contributed by atoms with E-state index in [0.29, 0.717) is 33.9 Å². The molecule has 1 saturated heterocycles. The van der Waals surface area contributed by atoms with E-state index in [1.165, 1.54) is 19.1 Å². The molecule has 3 aromatic rings. The third-order valence-corrected chi connectivity index (χ3v) is 6.28. The van der Waals surface area contributed by atoms with Crippen molar-refractivity contribution < 1.29 is 33.7 Å². The van der Waals surface area contributed by atoms with E-state index in [1.807, 2.05) is 13.0 Å². The van der Waals surface area contributed by atoms with Gasteiger partial charge in [0.2, 0.25) is 0 Å². The fourth-order valence-electron chi connectivity index (χ4n) is 4.37. The number of Topliss-reactive ketones (excluding diaryl/α,β-unsaturated/α-hetero) is 1. The van der Waals surface area contributed by atoms with Crippen molar-refractivity contribution in [3.63, 3.8) is 0 Å². The molecule has 1 fully saturated rings. The SMILES string of the molecule is COC(=O)Cc1ccc(N2C(=O)C(=O)/C(=C(/O)c3cc(C)ccc3OC)C2c2ccc(OC)cc2)cc1. The van der Waals surface area contributed by atoms with Gasteiger partial charge in [-0.05, 0) is 54.4 Å². The largest absolute Gasteiger partial charge is 0.507 e. The predicted octanol–water partition coefficient (Wildman–Crippen LogP) is 4.35. The number of aryl methyl sites for hydroxylation is 1. The number of amides is 1. The number of nitrogens with zero attached hydrogens (tertiary/aromatic N) is 1. The van der Waals surface area contributed by atoms with Crippen molar-refractivity contribution >= 4 is 29.1 Å². The van der Waals surface area contributed by atoms with Gasteiger partial charge in [-0.3, -0.25) is 19.3 Å². The Morgan fingerprint density at radius 3 is 2.19 bits per heavy atom. The minimum absolute atomic E-state index is 0.0577. The Morgan fingerprint density at radius 1 is 0.919 bits per heavy atom. The van der Waals surface area contributed by atoms with E-state index in [4.69, 9.17) is 14.2 Å². The van der Waals surface area contributed by atoms with Gasteiger partial charge in [0.25, 0.3) is 11.7 Å². The smallest absolute Gasteiger partial charge is 0.309 e. The Balaban J connectivity index is 1.89. The molecule has 0 saturated carbocycles. The standard InChI is InChI=1S/C29H27NO7/c1-17-5-14-23(36-3)22(15-17)27(32)25-26(19-8-12-21(35-2)13-9-19)30(29(34)28(25)33)20-10-6-18(7-11-20)16-24(31)37-4/h5-15,26,32H,16H2,1-4H3/b27-25+. The van der Waals surface area contributed by atoms with Crippen molar-refractivity contribution in [1.82, 2.24) is 0 Å². The Kier molecular flexibility index (Phi) is 7.29. The molecule has 8 nitrogen and oxygen atoms in total. The zero-order valence-corrected chi connectivity index (χ0v) is 21.0. The highest BCUT2D eigenvalue weighted by Gasteiger charge is 2.47. The first-order chi connectivity index (χ1) is 17.8. The Labute approximate surface area is 214 Å². The molecule has 0 aromatic heterocycles. The van der Waals surface area contributed by atoms with Gasteiger partial charge in [0.15, 0.2) is 0 Å². The number of ketones is 1. The summed E-state index contributed by atoms with van der Waals surface area (Å²) in [6, 6.07) is 18.0. The molecule has 3 aromatic carbocycles. The summed E-state index contributed by atoms with van der Waals surface area (Å²) >= 11 is 0. The van der Waals surface area contributed by atoms with Crippen LogP contribution in [-0.2, 0) is 25.5 Å². The van der Waals surface area contributed by atoms with E-state index in [2.05, 4.69) is 0 Å². The van der Waals surface area contributed by atoms with Gasteiger partial charge in [-0.1, -0.05) is 35.9 Å². The number of hydrogen-bond donors (Lipinski definition) is 1. The Hall–Kier alpha value is -4.59. The number of methoxy groups -OCH3 is 3. The van der Waals surface area contributed by atoms with Crippen LogP contribution in [0, 0.1) is 6.92 Å². The second-order valence-corrected chi connectivity index (χ2v) is 8.57. The monoisotopic (exact) mass is 501 g/mol. The van der Waals surface area contributed by atoms with E-state index >= 15 is 0 Å². The average Bonchev–Trinajstić information content (AvgIpc) is 3.18. The molecule has 1 amide bonds. The highest BCUT2D eigenvalue weighted by atomic mass is 16.5. The minimum atomic E-state index is -0.914. The molecule has 190 valence electrons. The Bertz CT molecular complexity index is 1370. The van der Waals surface area contributed by atoms with E-state index in [1.54, 1.807) is 67.8 Å². The van der Waals surface area contributed by atoms with Crippen LogP contribution in [0.25, 0.3) is 5.76 Å². The van der Waals surface area contributed by atoms with Gasteiger partial charge < -0.3 is 19.3 Å². The third kappa shape index (κ3) is 4.91. The van der Waals surface area contributed by atoms with Crippen LogP contribution in [0.15, 0.2) is 72.3 Å². The van der Waals surface area contributed by atoms with Crippen LogP contribution in [0.2, 0.25) is 0 Å². The lowest BCUT2D eigenvalue weighted by molar-refractivity contribution is -0.139. The number of anilines is 1. The average molecular weight is 502 g/mol. The molecule has 37 heavy (non-hydrogen) atoms. The van der Waals surface area contributed by atoms with E-state index in [-0.39, 0.29) is 17.8 Å². The number of ether oxygens (including phenoxy) is 3. The first-order valence-electron chi connectivity index (χ1n) is 11.5. The van der Waals surface area contributed by atoms with Crippen LogP contribution in [0.4, 0.5) is 5.69 Å². The van der Waals surface area contributed by atoms with Gasteiger partial charge >= 0.3 is 5.97 Å². The van der Waals surface area contributed by atoms with Crippen LogP contribution >= 0.6 is 0 Å². The summed E-state index contributed by atoms with van der Waals surface area (Å²) in [7, 11) is 4.33. The number of aliphatic hydroxyl groups is 1. The van der Waals surface area contributed by atoms with Crippen molar-refractivity contribution in [2.45, 2.75) is 19.4 Å². The summed E-state index contributed by atoms with van der Waals surface area (Å²) < 4.78 is 15.4. The first kappa shape index (κ1) is 25.5. The molecular weight excluding hydrogens is 474 g/mol. The highest BCUT2D eigenvalue weighted by molar-refractivity contribution is 6.51. The maximum absolute atomic E-state index is 13.4. The number of rotatable bonds is 7. The van der Waals surface area contributed by atoms with Gasteiger partial charge in [-0.15, -0.1) is 0 Å². The van der Waals surface area contributed by atoms with Gasteiger partial charge in [-0.2, -0.15) is 0 Å². The number of esters is 1. The molecule has 1 heterocycles. The third-order valence-electron chi connectivity index (χ3n) is 6.28. The molecule has 0 aliphatic carbocycles. The van der Waals surface area contributed by atoms with Gasteiger partial charge in [0, 0.05) is 5.69 Å². The normalized spacial score (nSPS) is 16.5. The summed E-state index contributed by atoms with van der Waals surface area (Å²) in [6.07, 6.45) is 0.0741. The number of carbonyl (C=O) groups is 3. The molecule has 1 N–H and O–H groups in total. The molecule has 1 unspecified atom stereocenters. The number of aliphatic hydroxyl groups excluding tert-OH is 1. The van der Waals surface area contributed by atoms with Crippen LogP contribution in [0.3, 0.4) is 0 Å². The molecule has 0 radical (unpaired) electrons. The van der Waals surface area contributed by atoms with Crippen LogP contribution in [0.5, 0.6) is 11.5 Å². The molecule has 4 rings (SSSR count). The highest BCUT2D eigenvalue weighted by Crippen LogP contribution is 2.43. The van der Waals surface area contributed by atoms with E-state index < -0.39 is 23.7 Å². The van der Waals surface area contributed by atoms with Crippen molar-refractivity contribution in [3.8, 4) is 11.5 Å². The summed E-state index contributed by atoms with van der Waals surface area (Å²) in [6.45, 7) is 1.85. The maximum atomic E-state index is 13.4. The predicted molar refractivity (Wildman–Crippen MR) is 138 cm³/mol. The van der Waals surface area contributed by atoms with Crippen LogP contribution in [0.1, 0.15) is 28.3 Å². The molecular formula is C29H27NO7. The zero-order valence-electron chi connectivity index (χ0n) is 21.0. The molecule has 1 aliphatic rings. The lowest BCUT2D eigenvalue weighted by Gasteiger charge is -2.26. The lowest BCUT2D eigenvalue weighted by Crippen LogP contribution is -2.29. The quantitative estimate of drug-likeness (QED) is 0.222. The van der Waals surface area contributed by atoms with Crippen molar-refractivity contribution in [2.24, 2.45) is 0 Å². The van der Waals surface area contributed by atoms with E-state index in [9.17, 15) is 19.5 Å². The molecule has 0 bridgehead atoms. The summed E-state index contributed by atoms with van der Waals surface area (Å²) in [4.78, 5) is 39.8. The molecule has 8 heteroatoms. The molecule has 0 spiro atoms. The van der Waals surface area contributed by atoms with Gasteiger partial charge in [0.1, 0.15) is 17.3 Å². The zero-order chi connectivity index (χ0) is 26.7. The molecule has 1 atom stereocenters. The van der Waals surface area contributed by atoms with Crippen LogP contribution < -0.4 is 14.4 Å². The first-order valence-corrected chi connectivity index (χ1v) is 11.5. The number of benzene rings is 3. The second kappa shape index (κ2) is 10.6. The molecule has 1 aliphatic heterocycles. The topological polar surface area (TPSA) is 102 Å². The second-order valence-electron chi connectivity index (χ2n) is 8.57. The lowest BCUT2D eigenvalue weighted by atomic mass is 9.94. The Morgan fingerprint density at radius 2 is 1.59 bits per heavy atom. The van der Waals surface area contributed by atoms with Crippen molar-refractivity contribution in [3.05, 3.63) is 94.6 Å².